The Kier molecular flexibility index (Phi) is 6.06. The summed E-state index contributed by atoms with van der Waals surface area (Å²) in [6.07, 6.45) is 3.37. The van der Waals surface area contributed by atoms with Gasteiger partial charge in [0.25, 0.3) is 5.56 Å². The van der Waals surface area contributed by atoms with Gasteiger partial charge in [-0.1, -0.05) is 0 Å². The minimum atomic E-state index is -1.53. The van der Waals surface area contributed by atoms with Crippen molar-refractivity contribution in [3.63, 3.8) is 0 Å². The molecule has 0 aromatic carbocycles. The molecule has 3 rings (SSSR count). The molecule has 0 fully saturated rings. The molecular weight excluding hydrogens is 404 g/mol. The summed E-state index contributed by atoms with van der Waals surface area (Å²) in [6, 6.07) is 5.36. The average molecular weight is 418 g/mol. The van der Waals surface area contributed by atoms with Crippen molar-refractivity contribution in [2.45, 2.75) is 5.75 Å². The first-order valence-electron chi connectivity index (χ1n) is 7.86. The summed E-state index contributed by atoms with van der Waals surface area (Å²) in [5.41, 5.74) is -0.279. The highest BCUT2D eigenvalue weighted by Crippen LogP contribution is 2.31. The Hall–Kier alpha value is -3.18. The number of carboxylic acids is 1. The van der Waals surface area contributed by atoms with E-state index in [4.69, 9.17) is 5.11 Å². The van der Waals surface area contributed by atoms with Gasteiger partial charge < -0.3 is 20.5 Å². The highest BCUT2D eigenvalue weighted by atomic mass is 32.2. The number of hydrogen-bond donors (Lipinski definition) is 4. The number of carbonyl (C=O) groups excluding carboxylic acids is 1. The second-order valence-electron chi connectivity index (χ2n) is 5.48. The molecule has 144 valence electrons. The van der Waals surface area contributed by atoms with Crippen molar-refractivity contribution < 1.29 is 19.8 Å². The van der Waals surface area contributed by atoms with E-state index in [9.17, 15) is 19.5 Å². The lowest BCUT2D eigenvalue weighted by molar-refractivity contribution is -0.113. The number of aromatic amines is 1. The molecule has 3 aromatic heterocycles. The Bertz CT molecular complexity index is 1060. The van der Waals surface area contributed by atoms with E-state index in [0.29, 0.717) is 16.3 Å². The largest absolute Gasteiger partial charge is 0.501 e. The van der Waals surface area contributed by atoms with Gasteiger partial charge in [-0.15, -0.1) is 23.1 Å². The van der Waals surface area contributed by atoms with Crippen molar-refractivity contribution in [2.24, 2.45) is 0 Å². The minimum Gasteiger partial charge on any atom is -0.501 e. The van der Waals surface area contributed by atoms with Gasteiger partial charge >= 0.3 is 5.97 Å². The molecule has 9 nitrogen and oxygen atoms in total. The Morgan fingerprint density at radius 3 is 2.71 bits per heavy atom. The number of thiophene rings is 1. The van der Waals surface area contributed by atoms with Crippen molar-refractivity contribution in [1.82, 2.24) is 15.0 Å². The van der Waals surface area contributed by atoms with Gasteiger partial charge in [0.1, 0.15) is 0 Å². The summed E-state index contributed by atoms with van der Waals surface area (Å²) in [5.74, 6) is -1.93. The Morgan fingerprint density at radius 2 is 2.00 bits per heavy atom. The van der Waals surface area contributed by atoms with Gasteiger partial charge in [-0.25, -0.2) is 9.78 Å². The quantitative estimate of drug-likeness (QED) is 0.457. The van der Waals surface area contributed by atoms with Crippen LogP contribution in [0.25, 0.3) is 10.7 Å². The second-order valence-corrected chi connectivity index (χ2v) is 7.38. The number of nitrogens with zero attached hydrogens (tertiary/aromatic N) is 2. The van der Waals surface area contributed by atoms with Crippen LogP contribution in [-0.4, -0.2) is 42.8 Å². The number of rotatable bonds is 7. The molecule has 11 heteroatoms. The van der Waals surface area contributed by atoms with Crippen LogP contribution in [0, 0.1) is 0 Å². The number of amides is 1. The summed E-state index contributed by atoms with van der Waals surface area (Å²) in [5, 5.41) is 23.0. The van der Waals surface area contributed by atoms with E-state index in [2.05, 4.69) is 20.3 Å². The van der Waals surface area contributed by atoms with Crippen LogP contribution in [0.15, 0.2) is 40.8 Å². The predicted molar refractivity (Wildman–Crippen MR) is 106 cm³/mol. The molecule has 0 saturated heterocycles. The molecule has 4 N–H and O–H groups in total. The smallest absolute Gasteiger partial charge is 0.358 e. The van der Waals surface area contributed by atoms with Crippen molar-refractivity contribution in [1.29, 1.82) is 0 Å². The lowest BCUT2D eigenvalue weighted by Gasteiger charge is -2.07. The van der Waals surface area contributed by atoms with Gasteiger partial charge in [0.05, 0.1) is 16.3 Å². The topological polar surface area (TPSA) is 145 Å². The lowest BCUT2D eigenvalue weighted by Crippen LogP contribution is -2.17. The first-order chi connectivity index (χ1) is 13.5. The molecule has 1 amide bonds. The number of anilines is 1. The van der Waals surface area contributed by atoms with Gasteiger partial charge in [-0.05, 0) is 29.1 Å². The van der Waals surface area contributed by atoms with Gasteiger partial charge in [-0.2, -0.15) is 0 Å². The van der Waals surface area contributed by atoms with Crippen LogP contribution in [0.2, 0.25) is 0 Å². The monoisotopic (exact) mass is 418 g/mol. The number of aromatic hydroxyl groups is 1. The molecule has 3 heterocycles. The van der Waals surface area contributed by atoms with E-state index in [0.717, 1.165) is 16.9 Å². The van der Waals surface area contributed by atoms with Crippen LogP contribution < -0.4 is 10.9 Å². The summed E-state index contributed by atoms with van der Waals surface area (Å²) in [6.45, 7) is 0. The van der Waals surface area contributed by atoms with E-state index in [-0.39, 0.29) is 17.5 Å². The SMILES string of the molecule is O=C(CSCc1ccncc1)Nc1ccsc1-c1nc(C(=O)O)c(O)c(=O)[nH]1. The maximum absolute atomic E-state index is 12.2. The molecule has 0 unspecified atom stereocenters. The molecule has 0 radical (unpaired) electrons. The standard InChI is InChI=1S/C17H14N4O5S2/c22-11(8-27-7-9-1-4-18-5-2-9)19-10-3-6-28-14(10)15-20-12(17(25)26)13(23)16(24)21-15/h1-6,23H,7-8H2,(H,19,22)(H,25,26)(H,20,21,24). The van der Waals surface area contributed by atoms with Crippen molar-refractivity contribution in [2.75, 3.05) is 11.1 Å². The first kappa shape index (κ1) is 19.6. The third kappa shape index (κ3) is 4.56. The molecule has 0 bridgehead atoms. The van der Waals surface area contributed by atoms with Gasteiger partial charge in [-0.3, -0.25) is 14.6 Å². The van der Waals surface area contributed by atoms with Crippen LogP contribution in [0.4, 0.5) is 5.69 Å². The van der Waals surface area contributed by atoms with Gasteiger partial charge in [0.15, 0.2) is 11.5 Å². The third-order valence-corrected chi connectivity index (χ3v) is 5.43. The van der Waals surface area contributed by atoms with Gasteiger partial charge in [0.2, 0.25) is 11.7 Å². The molecule has 0 saturated carbocycles. The Balaban J connectivity index is 1.71. The Labute approximate surface area is 166 Å². The normalized spacial score (nSPS) is 10.6. The van der Waals surface area contributed by atoms with E-state index >= 15 is 0 Å². The van der Waals surface area contributed by atoms with Crippen molar-refractivity contribution in [3.8, 4) is 16.5 Å². The van der Waals surface area contributed by atoms with Gasteiger partial charge in [0, 0.05) is 18.1 Å². The number of carboxylic acid groups (broad SMARTS) is 1. The van der Waals surface area contributed by atoms with Crippen molar-refractivity contribution in [3.05, 3.63) is 57.6 Å². The number of pyridine rings is 1. The fourth-order valence-corrected chi connectivity index (χ4v) is 3.82. The first-order valence-corrected chi connectivity index (χ1v) is 9.90. The zero-order chi connectivity index (χ0) is 20.1. The summed E-state index contributed by atoms with van der Waals surface area (Å²) in [7, 11) is 0. The number of thioether (sulfide) groups is 1. The predicted octanol–water partition coefficient (Wildman–Crippen LogP) is 2.17. The van der Waals surface area contributed by atoms with Crippen LogP contribution in [0.3, 0.4) is 0 Å². The molecule has 0 aliphatic carbocycles. The molecular formula is C17H14N4O5S2. The van der Waals surface area contributed by atoms with Crippen LogP contribution >= 0.6 is 23.1 Å². The number of hydrogen-bond acceptors (Lipinski definition) is 8. The number of H-pyrrole nitrogens is 1. The fraction of sp³-hybridized carbons (Fsp3) is 0.118. The minimum absolute atomic E-state index is 0.0464. The molecule has 0 spiro atoms. The zero-order valence-electron chi connectivity index (χ0n) is 14.2. The number of nitrogens with one attached hydrogen (secondary N) is 2. The lowest BCUT2D eigenvalue weighted by atomic mass is 10.3. The molecule has 0 aliphatic rings. The summed E-state index contributed by atoms with van der Waals surface area (Å²) < 4.78 is 0. The van der Waals surface area contributed by atoms with E-state index in [1.54, 1.807) is 23.8 Å². The van der Waals surface area contributed by atoms with Crippen LogP contribution in [-0.2, 0) is 10.5 Å². The van der Waals surface area contributed by atoms with Crippen LogP contribution in [0.1, 0.15) is 16.1 Å². The average Bonchev–Trinajstić information content (AvgIpc) is 3.12. The maximum Gasteiger partial charge on any atom is 0.358 e. The molecule has 0 aliphatic heterocycles. The van der Waals surface area contributed by atoms with Crippen LogP contribution in [0.5, 0.6) is 5.75 Å². The number of aromatic carboxylic acids is 1. The van der Waals surface area contributed by atoms with E-state index in [1.807, 2.05) is 12.1 Å². The third-order valence-electron chi connectivity index (χ3n) is 3.50. The molecule has 3 aromatic rings. The maximum atomic E-state index is 12.2. The molecule has 28 heavy (non-hydrogen) atoms. The second kappa shape index (κ2) is 8.67. The highest BCUT2D eigenvalue weighted by Gasteiger charge is 2.20. The van der Waals surface area contributed by atoms with E-state index < -0.39 is 23.0 Å². The summed E-state index contributed by atoms with van der Waals surface area (Å²) >= 11 is 2.59. The van der Waals surface area contributed by atoms with Crippen molar-refractivity contribution >= 4 is 40.7 Å². The number of carbonyl (C=O) groups is 2. The van der Waals surface area contributed by atoms with E-state index in [1.165, 1.54) is 11.8 Å². The fourth-order valence-electron chi connectivity index (χ4n) is 2.24. The summed E-state index contributed by atoms with van der Waals surface area (Å²) in [4.78, 5) is 45.6. The zero-order valence-corrected chi connectivity index (χ0v) is 15.8. The number of aromatic nitrogens is 3. The Morgan fingerprint density at radius 1 is 1.25 bits per heavy atom. The highest BCUT2D eigenvalue weighted by molar-refractivity contribution is 7.99. The molecule has 0 atom stereocenters.